The van der Waals surface area contributed by atoms with Gasteiger partial charge >= 0.3 is 0 Å². The zero-order chi connectivity index (χ0) is 16.5. The number of halogens is 1. The molecule has 3 heterocycles. The van der Waals surface area contributed by atoms with E-state index in [1.54, 1.807) is 35.6 Å². The van der Waals surface area contributed by atoms with Gasteiger partial charge in [-0.2, -0.15) is 9.50 Å². The molecule has 4 aromatic rings. The highest BCUT2D eigenvalue weighted by Crippen LogP contribution is 2.12. The van der Waals surface area contributed by atoms with Crippen LogP contribution in [0, 0.1) is 5.82 Å². The quantitative estimate of drug-likeness (QED) is 0.567. The number of benzene rings is 1. The zero-order valence-corrected chi connectivity index (χ0v) is 13.9. The molecule has 4 rings (SSSR count). The van der Waals surface area contributed by atoms with Crippen molar-refractivity contribution in [1.29, 1.82) is 0 Å². The van der Waals surface area contributed by atoms with Crippen LogP contribution >= 0.6 is 22.7 Å². The number of aromatic nitrogens is 3. The molecule has 0 aliphatic rings. The molecule has 0 aliphatic heterocycles. The SMILES string of the molecule is O=c1c(=Cc2cccc(F)c2)sc2nc(C=Cc3cccs3)nn12. The Balaban J connectivity index is 1.72. The van der Waals surface area contributed by atoms with Crippen molar-refractivity contribution in [1.82, 2.24) is 14.6 Å². The molecule has 0 bridgehead atoms. The van der Waals surface area contributed by atoms with Gasteiger partial charge in [0.05, 0.1) is 4.53 Å². The lowest BCUT2D eigenvalue weighted by molar-refractivity contribution is 0.627. The molecule has 0 spiro atoms. The number of nitrogens with zero attached hydrogens (tertiary/aromatic N) is 3. The smallest absolute Gasteiger partial charge is 0.266 e. The molecule has 0 amide bonds. The third-order valence-electron chi connectivity index (χ3n) is 3.28. The highest BCUT2D eigenvalue weighted by Gasteiger charge is 2.08. The van der Waals surface area contributed by atoms with E-state index in [9.17, 15) is 9.18 Å². The molecule has 0 atom stereocenters. The summed E-state index contributed by atoms with van der Waals surface area (Å²) in [6, 6.07) is 10.1. The highest BCUT2D eigenvalue weighted by atomic mass is 32.1. The summed E-state index contributed by atoms with van der Waals surface area (Å²) in [5, 5.41) is 6.21. The summed E-state index contributed by atoms with van der Waals surface area (Å²) in [5.74, 6) is 0.153. The lowest BCUT2D eigenvalue weighted by atomic mass is 10.2. The summed E-state index contributed by atoms with van der Waals surface area (Å²) in [6.07, 6.45) is 5.34. The first-order valence-electron chi connectivity index (χ1n) is 7.07. The Morgan fingerprint density at radius 2 is 2.08 bits per heavy atom. The molecule has 4 nitrogen and oxygen atoms in total. The Labute approximate surface area is 143 Å². The van der Waals surface area contributed by atoms with E-state index in [1.165, 1.54) is 28.0 Å². The van der Waals surface area contributed by atoms with E-state index in [0.717, 1.165) is 4.88 Å². The van der Waals surface area contributed by atoms with Crippen molar-refractivity contribution >= 4 is 45.9 Å². The third-order valence-corrected chi connectivity index (χ3v) is 5.08. The lowest BCUT2D eigenvalue weighted by Gasteiger charge is -1.90. The summed E-state index contributed by atoms with van der Waals surface area (Å²) < 4.78 is 15.0. The van der Waals surface area contributed by atoms with Gasteiger partial charge in [0.1, 0.15) is 5.82 Å². The minimum Gasteiger partial charge on any atom is -0.266 e. The molecule has 0 saturated carbocycles. The summed E-state index contributed by atoms with van der Waals surface area (Å²) in [7, 11) is 0. The van der Waals surface area contributed by atoms with Crippen LogP contribution in [0.5, 0.6) is 0 Å². The second-order valence-corrected chi connectivity index (χ2v) is 6.97. The maximum atomic E-state index is 13.2. The number of fused-ring (bicyclic) bond motifs is 1. The first-order valence-corrected chi connectivity index (χ1v) is 8.77. The fourth-order valence-electron chi connectivity index (χ4n) is 2.21. The summed E-state index contributed by atoms with van der Waals surface area (Å²) in [4.78, 5) is 18.3. The van der Waals surface area contributed by atoms with Crippen LogP contribution < -0.4 is 10.1 Å². The predicted octanol–water partition coefficient (Wildman–Crippen LogP) is 3.07. The van der Waals surface area contributed by atoms with Gasteiger partial charge in [-0.15, -0.1) is 16.4 Å². The van der Waals surface area contributed by atoms with E-state index < -0.39 is 0 Å². The van der Waals surface area contributed by atoms with Gasteiger partial charge < -0.3 is 0 Å². The zero-order valence-electron chi connectivity index (χ0n) is 12.2. The average Bonchev–Trinajstić information content (AvgIpc) is 3.25. The van der Waals surface area contributed by atoms with E-state index >= 15 is 0 Å². The average molecular weight is 355 g/mol. The van der Waals surface area contributed by atoms with E-state index in [1.807, 2.05) is 23.6 Å². The van der Waals surface area contributed by atoms with E-state index in [0.29, 0.717) is 20.9 Å². The van der Waals surface area contributed by atoms with Crippen LogP contribution in [0.15, 0.2) is 46.6 Å². The Hall–Kier alpha value is -2.64. The molecule has 118 valence electrons. The molecular formula is C17H10FN3OS2. The van der Waals surface area contributed by atoms with Gasteiger partial charge in [0.2, 0.25) is 4.96 Å². The van der Waals surface area contributed by atoms with Crippen molar-refractivity contribution in [2.45, 2.75) is 0 Å². The van der Waals surface area contributed by atoms with Crippen LogP contribution in [0.1, 0.15) is 16.3 Å². The maximum absolute atomic E-state index is 13.2. The van der Waals surface area contributed by atoms with Gasteiger partial charge in [0.15, 0.2) is 5.82 Å². The molecule has 0 radical (unpaired) electrons. The van der Waals surface area contributed by atoms with Crippen LogP contribution in [-0.4, -0.2) is 14.6 Å². The summed E-state index contributed by atoms with van der Waals surface area (Å²) in [5.41, 5.74) is 0.386. The van der Waals surface area contributed by atoms with Crippen molar-refractivity contribution in [2.24, 2.45) is 0 Å². The molecule has 24 heavy (non-hydrogen) atoms. The number of rotatable bonds is 3. The highest BCUT2D eigenvalue weighted by molar-refractivity contribution is 7.15. The van der Waals surface area contributed by atoms with Crippen LogP contribution in [0.25, 0.3) is 23.2 Å². The molecule has 7 heteroatoms. The van der Waals surface area contributed by atoms with Gasteiger partial charge in [-0.3, -0.25) is 4.79 Å². The Bertz CT molecular complexity index is 1140. The van der Waals surface area contributed by atoms with E-state index in [2.05, 4.69) is 10.1 Å². The molecule has 0 aliphatic carbocycles. The Morgan fingerprint density at radius 3 is 2.83 bits per heavy atom. The molecular weight excluding hydrogens is 345 g/mol. The van der Waals surface area contributed by atoms with Gasteiger partial charge in [0, 0.05) is 4.88 Å². The van der Waals surface area contributed by atoms with Gasteiger partial charge in [-0.1, -0.05) is 29.5 Å². The largest absolute Gasteiger partial charge is 0.291 e. The van der Waals surface area contributed by atoms with Gasteiger partial charge in [0.25, 0.3) is 5.56 Å². The summed E-state index contributed by atoms with van der Waals surface area (Å²) in [6.45, 7) is 0. The molecule has 0 N–H and O–H groups in total. The Kier molecular flexibility index (Phi) is 3.79. The topological polar surface area (TPSA) is 47.3 Å². The van der Waals surface area contributed by atoms with Crippen molar-refractivity contribution in [2.75, 3.05) is 0 Å². The fourth-order valence-corrected chi connectivity index (χ4v) is 3.74. The van der Waals surface area contributed by atoms with Crippen LogP contribution in [0.3, 0.4) is 0 Å². The van der Waals surface area contributed by atoms with Crippen LogP contribution in [0.4, 0.5) is 4.39 Å². The number of hydrogen-bond acceptors (Lipinski definition) is 5. The second-order valence-electron chi connectivity index (χ2n) is 4.98. The molecule has 0 unspecified atom stereocenters. The second kappa shape index (κ2) is 6.10. The van der Waals surface area contributed by atoms with Gasteiger partial charge in [-0.25, -0.2) is 4.39 Å². The van der Waals surface area contributed by atoms with Crippen molar-refractivity contribution in [3.63, 3.8) is 0 Å². The normalized spacial score (nSPS) is 12.6. The Morgan fingerprint density at radius 1 is 1.17 bits per heavy atom. The monoisotopic (exact) mass is 355 g/mol. The standard InChI is InChI=1S/C17H10FN3OS2/c18-12-4-1-3-11(9-12)10-14-16(22)21-17(24-14)19-15(20-21)7-6-13-5-2-8-23-13/h1-10H. The van der Waals surface area contributed by atoms with Crippen LogP contribution in [-0.2, 0) is 0 Å². The molecule has 1 aromatic carbocycles. The first-order chi connectivity index (χ1) is 11.7. The van der Waals surface area contributed by atoms with Crippen molar-refractivity contribution in [3.05, 3.63) is 78.7 Å². The fraction of sp³-hybridized carbons (Fsp3) is 0. The van der Waals surface area contributed by atoms with E-state index in [4.69, 9.17) is 0 Å². The number of thiophene rings is 1. The van der Waals surface area contributed by atoms with Crippen molar-refractivity contribution in [3.8, 4) is 0 Å². The van der Waals surface area contributed by atoms with Crippen molar-refractivity contribution < 1.29 is 4.39 Å². The lowest BCUT2D eigenvalue weighted by Crippen LogP contribution is -2.23. The van der Waals surface area contributed by atoms with Gasteiger partial charge in [-0.05, 0) is 47.4 Å². The molecule has 3 aromatic heterocycles. The minimum atomic E-state index is -0.336. The van der Waals surface area contributed by atoms with Crippen LogP contribution in [0.2, 0.25) is 0 Å². The number of thiazole rings is 1. The third kappa shape index (κ3) is 2.91. The van der Waals surface area contributed by atoms with E-state index in [-0.39, 0.29) is 11.4 Å². The molecule has 0 saturated heterocycles. The molecule has 0 fully saturated rings. The minimum absolute atomic E-state index is 0.248. The maximum Gasteiger partial charge on any atom is 0.291 e. The first kappa shape index (κ1) is 14.9. The summed E-state index contributed by atoms with van der Waals surface area (Å²) >= 11 is 2.85. The number of hydrogen-bond donors (Lipinski definition) is 0. The predicted molar refractivity (Wildman–Crippen MR) is 95.6 cm³/mol.